The summed E-state index contributed by atoms with van der Waals surface area (Å²) in [5, 5.41) is 12.7. The van der Waals surface area contributed by atoms with Crippen molar-refractivity contribution in [1.29, 1.82) is 0 Å². The molecule has 1 unspecified atom stereocenters. The van der Waals surface area contributed by atoms with Crippen LogP contribution in [0.3, 0.4) is 0 Å². The number of benzene rings is 1. The van der Waals surface area contributed by atoms with E-state index in [2.05, 4.69) is 5.32 Å². The minimum atomic E-state index is -0.872. The normalized spacial score (nSPS) is 19.6. The topological polar surface area (TPSA) is 95.9 Å². The summed E-state index contributed by atoms with van der Waals surface area (Å²) in [4.78, 5) is 39.8. The van der Waals surface area contributed by atoms with Gasteiger partial charge in [-0.2, -0.15) is 0 Å². The van der Waals surface area contributed by atoms with E-state index in [0.29, 0.717) is 50.1 Å². The van der Waals surface area contributed by atoms with E-state index in [1.807, 2.05) is 13.8 Å². The molecule has 2 aliphatic heterocycles. The monoisotopic (exact) mass is 388 g/mol. The Hall–Kier alpha value is -2.25. The lowest BCUT2D eigenvalue weighted by Gasteiger charge is -2.36. The molecule has 2 heterocycles. The van der Waals surface area contributed by atoms with Crippen molar-refractivity contribution in [1.82, 2.24) is 10.2 Å². The van der Waals surface area contributed by atoms with Crippen molar-refractivity contribution < 1.29 is 24.2 Å². The molecule has 152 valence electrons. The fourth-order valence-electron chi connectivity index (χ4n) is 3.85. The molecule has 7 heteroatoms. The minimum absolute atomic E-state index is 0.0432. The zero-order valence-electron chi connectivity index (χ0n) is 16.4. The molecule has 0 saturated carbocycles. The molecule has 0 radical (unpaired) electrons. The smallest absolute Gasteiger partial charge is 0.262 e. The number of aliphatic hydroxyl groups excluding tert-OH is 1. The van der Waals surface area contributed by atoms with Gasteiger partial charge in [-0.05, 0) is 37.3 Å². The number of nitrogens with one attached hydrogen (secondary N) is 1. The number of rotatable bonds is 7. The van der Waals surface area contributed by atoms with Crippen molar-refractivity contribution in [2.24, 2.45) is 11.3 Å². The number of nitrogens with zero attached hydrogens (tertiary/aromatic N) is 1. The fourth-order valence-corrected chi connectivity index (χ4v) is 3.85. The summed E-state index contributed by atoms with van der Waals surface area (Å²) in [7, 11) is 0. The Morgan fingerprint density at radius 1 is 1.18 bits per heavy atom. The molecule has 2 N–H and O–H groups in total. The molecule has 1 atom stereocenters. The van der Waals surface area contributed by atoms with E-state index in [-0.39, 0.29) is 18.4 Å². The number of hydrogen-bond donors (Lipinski definition) is 2. The predicted octanol–water partition coefficient (Wildman–Crippen LogP) is 1.60. The molecule has 0 aromatic heterocycles. The Labute approximate surface area is 165 Å². The highest BCUT2D eigenvalue weighted by Crippen LogP contribution is 2.30. The van der Waals surface area contributed by atoms with E-state index in [1.54, 1.807) is 24.3 Å². The van der Waals surface area contributed by atoms with Gasteiger partial charge in [-0.15, -0.1) is 0 Å². The highest BCUT2D eigenvalue weighted by molar-refractivity contribution is 6.22. The summed E-state index contributed by atoms with van der Waals surface area (Å²) in [5.74, 6) is -1.09. The van der Waals surface area contributed by atoms with Gasteiger partial charge in [-0.1, -0.05) is 26.0 Å². The number of imide groups is 1. The molecular weight excluding hydrogens is 360 g/mol. The lowest BCUT2D eigenvalue weighted by molar-refractivity contribution is -0.126. The largest absolute Gasteiger partial charge is 0.396 e. The minimum Gasteiger partial charge on any atom is -0.396 e. The Bertz CT molecular complexity index is 720. The fraction of sp³-hybridized carbons (Fsp3) is 0.571. The zero-order chi connectivity index (χ0) is 20.3. The highest BCUT2D eigenvalue weighted by Gasteiger charge is 2.43. The van der Waals surface area contributed by atoms with Crippen LogP contribution in [0.25, 0.3) is 0 Å². The third-order valence-electron chi connectivity index (χ3n) is 5.66. The zero-order valence-corrected chi connectivity index (χ0v) is 16.4. The van der Waals surface area contributed by atoms with E-state index in [1.165, 1.54) is 0 Å². The van der Waals surface area contributed by atoms with Crippen LogP contribution >= 0.6 is 0 Å². The first-order chi connectivity index (χ1) is 13.4. The molecule has 1 saturated heterocycles. The van der Waals surface area contributed by atoms with Crippen LogP contribution in [0.5, 0.6) is 0 Å². The van der Waals surface area contributed by atoms with Crippen molar-refractivity contribution in [2.75, 3.05) is 26.4 Å². The summed E-state index contributed by atoms with van der Waals surface area (Å²) in [6.45, 7) is 5.24. The lowest BCUT2D eigenvalue weighted by atomic mass is 9.81. The molecule has 3 rings (SSSR count). The first-order valence-electron chi connectivity index (χ1n) is 9.82. The highest BCUT2D eigenvalue weighted by atomic mass is 16.5. The van der Waals surface area contributed by atoms with Gasteiger partial charge in [0.1, 0.15) is 6.04 Å². The maximum Gasteiger partial charge on any atom is 0.262 e. The summed E-state index contributed by atoms with van der Waals surface area (Å²) >= 11 is 0. The Morgan fingerprint density at radius 2 is 1.75 bits per heavy atom. The molecule has 0 bridgehead atoms. The van der Waals surface area contributed by atoms with E-state index < -0.39 is 23.3 Å². The molecular formula is C21H28N2O5. The van der Waals surface area contributed by atoms with Crippen LogP contribution in [-0.2, 0) is 9.53 Å². The van der Waals surface area contributed by atoms with Gasteiger partial charge in [0.05, 0.1) is 17.7 Å². The van der Waals surface area contributed by atoms with E-state index in [4.69, 9.17) is 4.74 Å². The molecule has 1 fully saturated rings. The molecule has 0 aliphatic carbocycles. The van der Waals surface area contributed by atoms with Crippen molar-refractivity contribution in [2.45, 2.75) is 39.2 Å². The first-order valence-corrected chi connectivity index (χ1v) is 9.82. The van der Waals surface area contributed by atoms with Crippen LogP contribution in [0, 0.1) is 11.3 Å². The number of carbonyl (C=O) groups is 3. The summed E-state index contributed by atoms with van der Waals surface area (Å²) in [5.41, 5.74) is 0.258. The van der Waals surface area contributed by atoms with Crippen LogP contribution in [0.4, 0.5) is 0 Å². The summed E-state index contributed by atoms with van der Waals surface area (Å²) < 4.78 is 5.36. The van der Waals surface area contributed by atoms with Gasteiger partial charge in [0.25, 0.3) is 11.8 Å². The Kier molecular flexibility index (Phi) is 6.15. The van der Waals surface area contributed by atoms with E-state index in [0.717, 1.165) is 4.90 Å². The van der Waals surface area contributed by atoms with Gasteiger partial charge < -0.3 is 15.2 Å². The van der Waals surface area contributed by atoms with E-state index >= 15 is 0 Å². The SMILES string of the molecule is CC(C)CC(C(=O)NCC1(CO)CCOCC1)N1C(=O)c2ccccc2C1=O. The number of carbonyl (C=O) groups excluding carboxylic acids is 3. The number of hydrogen-bond acceptors (Lipinski definition) is 5. The second-order valence-electron chi connectivity index (χ2n) is 8.16. The van der Waals surface area contributed by atoms with Crippen LogP contribution < -0.4 is 5.32 Å². The van der Waals surface area contributed by atoms with Crippen LogP contribution in [0.2, 0.25) is 0 Å². The van der Waals surface area contributed by atoms with Crippen molar-refractivity contribution in [3.63, 3.8) is 0 Å². The van der Waals surface area contributed by atoms with Crippen molar-refractivity contribution in [3.05, 3.63) is 35.4 Å². The van der Waals surface area contributed by atoms with Gasteiger partial charge in [0, 0.05) is 25.2 Å². The van der Waals surface area contributed by atoms with Gasteiger partial charge in [0.15, 0.2) is 0 Å². The predicted molar refractivity (Wildman–Crippen MR) is 103 cm³/mol. The molecule has 3 amide bonds. The average Bonchev–Trinajstić information content (AvgIpc) is 2.96. The van der Waals surface area contributed by atoms with Gasteiger partial charge in [-0.25, -0.2) is 0 Å². The number of amides is 3. The lowest BCUT2D eigenvalue weighted by Crippen LogP contribution is -2.53. The van der Waals surface area contributed by atoms with Crippen LogP contribution in [0.1, 0.15) is 53.8 Å². The first kappa shape index (κ1) is 20.5. The molecule has 1 aromatic rings. The third-order valence-corrected chi connectivity index (χ3v) is 5.66. The van der Waals surface area contributed by atoms with Crippen LogP contribution in [0.15, 0.2) is 24.3 Å². The maximum absolute atomic E-state index is 13.0. The van der Waals surface area contributed by atoms with Crippen molar-refractivity contribution >= 4 is 17.7 Å². The average molecular weight is 388 g/mol. The van der Waals surface area contributed by atoms with Gasteiger partial charge in [-0.3, -0.25) is 19.3 Å². The second-order valence-corrected chi connectivity index (χ2v) is 8.16. The van der Waals surface area contributed by atoms with Gasteiger partial charge in [0.2, 0.25) is 5.91 Å². The Morgan fingerprint density at radius 3 is 2.25 bits per heavy atom. The molecule has 1 aromatic carbocycles. The number of ether oxygens (including phenoxy) is 1. The Balaban J connectivity index is 1.78. The standard InChI is InChI=1S/C21H28N2O5/c1-14(2)11-17(18(25)22-12-21(13-24)7-9-28-10-8-21)23-19(26)15-5-3-4-6-16(15)20(23)27/h3-6,14,17,24H,7-13H2,1-2H3,(H,22,25). The second kappa shape index (κ2) is 8.41. The summed E-state index contributed by atoms with van der Waals surface area (Å²) in [6.07, 6.45) is 1.70. The number of aliphatic hydroxyl groups is 1. The maximum atomic E-state index is 13.0. The molecule has 7 nitrogen and oxygen atoms in total. The van der Waals surface area contributed by atoms with Gasteiger partial charge >= 0.3 is 0 Å². The van der Waals surface area contributed by atoms with E-state index in [9.17, 15) is 19.5 Å². The third kappa shape index (κ3) is 3.95. The van der Waals surface area contributed by atoms with Crippen LogP contribution in [-0.4, -0.2) is 60.1 Å². The summed E-state index contributed by atoms with van der Waals surface area (Å²) in [6, 6.07) is 5.77. The quantitative estimate of drug-likeness (QED) is 0.692. The molecule has 0 spiro atoms. The molecule has 28 heavy (non-hydrogen) atoms. The van der Waals surface area contributed by atoms with Crippen molar-refractivity contribution in [3.8, 4) is 0 Å². The number of fused-ring (bicyclic) bond motifs is 1. The molecule has 2 aliphatic rings.